The molecule has 0 aliphatic carbocycles. The Hall–Kier alpha value is -2.44. The number of carbonyl (C=O) groups excluding carboxylic acids is 1. The number of carbonyl (C=O) groups is 1. The van der Waals surface area contributed by atoms with Crippen molar-refractivity contribution in [3.05, 3.63) is 52.9 Å². The van der Waals surface area contributed by atoms with Crippen LogP contribution in [0.25, 0.3) is 11.2 Å². The first-order valence-electron chi connectivity index (χ1n) is 7.58. The Morgan fingerprint density at radius 3 is 2.92 bits per heavy atom. The summed E-state index contributed by atoms with van der Waals surface area (Å²) < 4.78 is 0. The Morgan fingerprint density at radius 1 is 1.33 bits per heavy atom. The van der Waals surface area contributed by atoms with Gasteiger partial charge in [0.15, 0.2) is 5.65 Å². The van der Waals surface area contributed by atoms with E-state index in [-0.39, 0.29) is 5.91 Å². The van der Waals surface area contributed by atoms with Crippen molar-refractivity contribution in [3.8, 4) is 0 Å². The highest BCUT2D eigenvalue weighted by atomic mass is 35.5. The van der Waals surface area contributed by atoms with Crippen molar-refractivity contribution in [2.24, 2.45) is 0 Å². The van der Waals surface area contributed by atoms with Crippen LogP contribution in [0.1, 0.15) is 16.2 Å². The number of aromatic nitrogens is 3. The fourth-order valence-electron chi connectivity index (χ4n) is 2.36. The molecule has 3 aromatic rings. The van der Waals surface area contributed by atoms with E-state index in [4.69, 9.17) is 11.6 Å². The number of pyridine rings is 1. The monoisotopic (exact) mass is 343 g/mol. The second-order valence-corrected chi connectivity index (χ2v) is 6.19. The minimum absolute atomic E-state index is 0.229. The van der Waals surface area contributed by atoms with Gasteiger partial charge in [-0.3, -0.25) is 4.79 Å². The third-order valence-electron chi connectivity index (χ3n) is 3.56. The predicted molar refractivity (Wildman–Crippen MR) is 95.6 cm³/mol. The van der Waals surface area contributed by atoms with Crippen LogP contribution in [-0.4, -0.2) is 46.4 Å². The number of fused-ring (bicyclic) bond motifs is 1. The highest BCUT2D eigenvalue weighted by Crippen LogP contribution is 2.19. The summed E-state index contributed by atoms with van der Waals surface area (Å²) in [5.41, 5.74) is 2.33. The molecule has 3 rings (SSSR count). The van der Waals surface area contributed by atoms with Gasteiger partial charge in [0.2, 0.25) is 0 Å². The number of H-pyrrole nitrogens is 1. The van der Waals surface area contributed by atoms with E-state index in [9.17, 15) is 4.79 Å². The number of hydrogen-bond donors (Lipinski definition) is 2. The lowest BCUT2D eigenvalue weighted by atomic mass is 10.2. The van der Waals surface area contributed by atoms with Crippen LogP contribution in [0.3, 0.4) is 0 Å². The van der Waals surface area contributed by atoms with Crippen LogP contribution >= 0.6 is 11.6 Å². The molecule has 0 aliphatic rings. The highest BCUT2D eigenvalue weighted by Gasteiger charge is 2.14. The van der Waals surface area contributed by atoms with E-state index in [1.54, 1.807) is 36.5 Å². The van der Waals surface area contributed by atoms with Crippen molar-refractivity contribution in [2.75, 3.05) is 26.0 Å². The van der Waals surface area contributed by atoms with Crippen molar-refractivity contribution >= 4 is 34.4 Å². The largest absolute Gasteiger partial charge is 0.340 e. The molecule has 1 amide bonds. The van der Waals surface area contributed by atoms with Crippen LogP contribution in [0.15, 0.2) is 36.5 Å². The minimum atomic E-state index is -0.229. The zero-order valence-corrected chi connectivity index (χ0v) is 14.3. The summed E-state index contributed by atoms with van der Waals surface area (Å²) in [6.07, 6.45) is 2.35. The third-order valence-corrected chi connectivity index (χ3v) is 3.80. The van der Waals surface area contributed by atoms with Gasteiger partial charge >= 0.3 is 0 Å². The van der Waals surface area contributed by atoms with E-state index in [1.807, 2.05) is 14.1 Å². The molecule has 124 valence electrons. The third kappa shape index (κ3) is 3.72. The van der Waals surface area contributed by atoms with E-state index < -0.39 is 0 Å². The van der Waals surface area contributed by atoms with E-state index in [2.05, 4.69) is 25.2 Å². The first kappa shape index (κ1) is 16.4. The van der Waals surface area contributed by atoms with Crippen LogP contribution in [0.5, 0.6) is 0 Å². The lowest BCUT2D eigenvalue weighted by molar-refractivity contribution is 0.102. The molecule has 0 spiro atoms. The second kappa shape index (κ2) is 6.98. The van der Waals surface area contributed by atoms with Crippen LogP contribution < -0.4 is 5.32 Å². The van der Waals surface area contributed by atoms with Crippen LogP contribution in [0.2, 0.25) is 5.02 Å². The summed E-state index contributed by atoms with van der Waals surface area (Å²) in [5.74, 6) is 0.585. The van der Waals surface area contributed by atoms with Gasteiger partial charge in [-0.15, -0.1) is 0 Å². The number of hydrogen-bond acceptors (Lipinski definition) is 4. The molecular weight excluding hydrogens is 326 g/mol. The van der Waals surface area contributed by atoms with E-state index in [0.717, 1.165) is 18.8 Å². The summed E-state index contributed by atoms with van der Waals surface area (Å²) in [7, 11) is 4.01. The number of anilines is 1. The number of imidazole rings is 1. The molecule has 0 saturated heterocycles. The van der Waals surface area contributed by atoms with Gasteiger partial charge in [-0.2, -0.15) is 0 Å². The first-order chi connectivity index (χ1) is 11.5. The lowest BCUT2D eigenvalue weighted by Gasteiger charge is -2.07. The van der Waals surface area contributed by atoms with Crippen LogP contribution in [-0.2, 0) is 6.42 Å². The molecule has 0 aliphatic heterocycles. The minimum Gasteiger partial charge on any atom is -0.340 e. The standard InChI is InChI=1S/C17H18ClN5O/c1-23(2)9-7-14-21-15-13(6-8-19-16(15)22-14)17(24)20-12-5-3-4-11(18)10-12/h3-6,8,10H,7,9H2,1-2H3,(H,20,24)(H,19,21,22). The van der Waals surface area contributed by atoms with E-state index in [0.29, 0.717) is 27.4 Å². The predicted octanol–water partition coefficient (Wildman–Crippen LogP) is 2.97. The highest BCUT2D eigenvalue weighted by molar-refractivity contribution is 6.31. The van der Waals surface area contributed by atoms with Crippen molar-refractivity contribution in [2.45, 2.75) is 6.42 Å². The molecule has 2 aromatic heterocycles. The molecule has 0 fully saturated rings. The van der Waals surface area contributed by atoms with Crippen molar-refractivity contribution in [1.29, 1.82) is 0 Å². The van der Waals surface area contributed by atoms with Gasteiger partial charge in [0.1, 0.15) is 5.82 Å². The normalized spacial score (nSPS) is 11.2. The van der Waals surface area contributed by atoms with Crippen LogP contribution in [0.4, 0.5) is 5.69 Å². The lowest BCUT2D eigenvalue weighted by Crippen LogP contribution is -2.15. The number of halogens is 1. The van der Waals surface area contributed by atoms with Gasteiger partial charge in [-0.1, -0.05) is 17.7 Å². The summed E-state index contributed by atoms with van der Waals surface area (Å²) in [5, 5.41) is 3.41. The van der Waals surface area contributed by atoms with Gasteiger partial charge in [0.25, 0.3) is 5.91 Å². The topological polar surface area (TPSA) is 73.9 Å². The van der Waals surface area contributed by atoms with E-state index in [1.165, 1.54) is 0 Å². The smallest absolute Gasteiger partial charge is 0.257 e. The molecule has 7 heteroatoms. The summed E-state index contributed by atoms with van der Waals surface area (Å²) >= 11 is 5.95. The Morgan fingerprint density at radius 2 is 2.17 bits per heavy atom. The van der Waals surface area contributed by atoms with Crippen molar-refractivity contribution < 1.29 is 4.79 Å². The van der Waals surface area contributed by atoms with Gasteiger partial charge in [0.05, 0.1) is 11.1 Å². The van der Waals surface area contributed by atoms with Gasteiger partial charge < -0.3 is 15.2 Å². The van der Waals surface area contributed by atoms with Gasteiger partial charge in [-0.05, 0) is 38.4 Å². The molecule has 0 saturated carbocycles. The maximum atomic E-state index is 12.6. The number of nitrogens with zero attached hydrogens (tertiary/aromatic N) is 3. The van der Waals surface area contributed by atoms with Crippen molar-refractivity contribution in [3.63, 3.8) is 0 Å². The first-order valence-corrected chi connectivity index (χ1v) is 7.96. The molecule has 0 unspecified atom stereocenters. The van der Waals surface area contributed by atoms with Gasteiger partial charge in [-0.25, -0.2) is 9.97 Å². The second-order valence-electron chi connectivity index (χ2n) is 5.76. The average molecular weight is 344 g/mol. The molecular formula is C17H18ClN5O. The van der Waals surface area contributed by atoms with Crippen molar-refractivity contribution in [1.82, 2.24) is 19.9 Å². The Labute approximate surface area is 144 Å². The molecule has 1 aromatic carbocycles. The number of nitrogens with one attached hydrogen (secondary N) is 2. The SMILES string of the molecule is CN(C)CCc1nc2nccc(C(=O)Nc3cccc(Cl)c3)c2[nH]1. The maximum Gasteiger partial charge on any atom is 0.257 e. The molecule has 2 N–H and O–H groups in total. The number of aromatic amines is 1. The van der Waals surface area contributed by atoms with Gasteiger partial charge in [0, 0.05) is 29.9 Å². The number of benzene rings is 1. The zero-order valence-electron chi connectivity index (χ0n) is 13.5. The quantitative estimate of drug-likeness (QED) is 0.747. The van der Waals surface area contributed by atoms with E-state index >= 15 is 0 Å². The molecule has 6 nitrogen and oxygen atoms in total. The molecule has 2 heterocycles. The number of rotatable bonds is 5. The molecule has 0 atom stereocenters. The maximum absolute atomic E-state index is 12.6. The summed E-state index contributed by atoms with van der Waals surface area (Å²) in [6.45, 7) is 0.865. The molecule has 0 bridgehead atoms. The summed E-state index contributed by atoms with van der Waals surface area (Å²) in [6, 6.07) is 8.71. The fourth-order valence-corrected chi connectivity index (χ4v) is 2.55. The number of amides is 1. The fraction of sp³-hybridized carbons (Fsp3) is 0.235. The average Bonchev–Trinajstić information content (AvgIpc) is 2.95. The number of likely N-dealkylation sites (N-methyl/N-ethyl adjacent to an activating group) is 1. The Balaban J connectivity index is 1.86. The zero-order chi connectivity index (χ0) is 17.1. The van der Waals surface area contributed by atoms with Crippen LogP contribution in [0, 0.1) is 0 Å². The molecule has 0 radical (unpaired) electrons. The Kier molecular flexibility index (Phi) is 4.78. The molecule has 24 heavy (non-hydrogen) atoms. The Bertz CT molecular complexity index is 874. The summed E-state index contributed by atoms with van der Waals surface area (Å²) in [4.78, 5) is 26.6.